The monoisotopic (exact) mass is 420 g/mol. The van der Waals surface area contributed by atoms with Crippen molar-refractivity contribution in [2.24, 2.45) is 11.8 Å². The first kappa shape index (κ1) is 19.6. The van der Waals surface area contributed by atoms with Crippen LogP contribution in [0.4, 0.5) is 0 Å². The minimum atomic E-state index is -0.773. The first-order valence-electron chi connectivity index (χ1n) is 10.6. The molecule has 9 nitrogen and oxygen atoms in total. The lowest BCUT2D eigenvalue weighted by molar-refractivity contribution is -0.141. The highest BCUT2D eigenvalue weighted by molar-refractivity contribution is 5.74. The Balaban J connectivity index is 1.40. The number of hydrogen-bond donors (Lipinski definition) is 3. The molecule has 1 aliphatic heterocycles. The van der Waals surface area contributed by atoms with Gasteiger partial charge >= 0.3 is 5.97 Å². The number of fused-ring (bicyclic) bond motifs is 1. The van der Waals surface area contributed by atoms with Crippen LogP contribution in [0, 0.1) is 11.8 Å². The van der Waals surface area contributed by atoms with Gasteiger partial charge in [0.15, 0.2) is 0 Å². The molecule has 2 aromatic heterocycles. The number of ether oxygens (including phenoxy) is 1. The zero-order valence-electron chi connectivity index (χ0n) is 16.9. The fourth-order valence-corrected chi connectivity index (χ4v) is 4.79. The summed E-state index contributed by atoms with van der Waals surface area (Å²) in [6.07, 6.45) is 7.03. The third-order valence-corrected chi connectivity index (χ3v) is 6.41. The van der Waals surface area contributed by atoms with Gasteiger partial charge in [-0.1, -0.05) is 12.1 Å². The molecule has 1 saturated carbocycles. The van der Waals surface area contributed by atoms with Crippen molar-refractivity contribution in [3.8, 4) is 28.3 Å². The molecule has 2 aliphatic rings. The van der Waals surface area contributed by atoms with Gasteiger partial charge in [-0.05, 0) is 73.0 Å². The van der Waals surface area contributed by atoms with Crippen molar-refractivity contribution in [3.63, 3.8) is 0 Å². The number of piperidine rings is 1. The van der Waals surface area contributed by atoms with E-state index in [1.165, 1.54) is 0 Å². The summed E-state index contributed by atoms with van der Waals surface area (Å²) >= 11 is 0. The standard InChI is InChI=1S/C22H24N6O3/c29-22(30)19-9-16-8-17(5-3-15(16)12-24-19)31-20-10-13(14-2-1-7-23-11-14)4-6-18(20)21-25-27-28-26-21/h1-2,4,6-7,10-11,15-17,19,24H,3,5,8-9,12H2,(H,29,30)(H,25,26,27,28)/t15-,16+,17-,19-/m0/s1. The molecule has 3 aromatic rings. The molecule has 5 rings (SSSR count). The summed E-state index contributed by atoms with van der Waals surface area (Å²) in [7, 11) is 0. The Morgan fingerprint density at radius 3 is 2.84 bits per heavy atom. The number of nitrogens with zero attached hydrogens (tertiary/aromatic N) is 4. The van der Waals surface area contributed by atoms with Crippen molar-refractivity contribution in [2.75, 3.05) is 6.54 Å². The molecule has 1 saturated heterocycles. The number of pyridine rings is 1. The van der Waals surface area contributed by atoms with Crippen LogP contribution in [0.1, 0.15) is 25.7 Å². The fraction of sp³-hybridized carbons (Fsp3) is 0.409. The molecule has 9 heteroatoms. The summed E-state index contributed by atoms with van der Waals surface area (Å²) in [6.45, 7) is 0.763. The fourth-order valence-electron chi connectivity index (χ4n) is 4.79. The van der Waals surface area contributed by atoms with Crippen LogP contribution in [0.15, 0.2) is 42.7 Å². The van der Waals surface area contributed by atoms with Gasteiger partial charge in [-0.3, -0.25) is 9.78 Å². The van der Waals surface area contributed by atoms with Crippen molar-refractivity contribution in [2.45, 2.75) is 37.8 Å². The Labute approximate surface area is 179 Å². The number of carboxylic acid groups (broad SMARTS) is 1. The van der Waals surface area contributed by atoms with Crippen molar-refractivity contribution >= 4 is 5.97 Å². The lowest BCUT2D eigenvalue weighted by Gasteiger charge is -2.41. The van der Waals surface area contributed by atoms with Gasteiger partial charge < -0.3 is 15.2 Å². The molecule has 3 heterocycles. The zero-order chi connectivity index (χ0) is 21.2. The molecule has 1 aromatic carbocycles. The third-order valence-electron chi connectivity index (χ3n) is 6.41. The van der Waals surface area contributed by atoms with Gasteiger partial charge in [0.1, 0.15) is 11.8 Å². The summed E-state index contributed by atoms with van der Waals surface area (Å²) in [5, 5.41) is 27.0. The summed E-state index contributed by atoms with van der Waals surface area (Å²) in [5.74, 6) is 1.26. The summed E-state index contributed by atoms with van der Waals surface area (Å²) in [6, 6.07) is 9.38. The highest BCUT2D eigenvalue weighted by Gasteiger charge is 2.38. The predicted molar refractivity (Wildman–Crippen MR) is 112 cm³/mol. The number of carbonyl (C=O) groups is 1. The van der Waals surface area contributed by atoms with E-state index in [0.29, 0.717) is 29.8 Å². The maximum absolute atomic E-state index is 11.4. The van der Waals surface area contributed by atoms with Crippen LogP contribution < -0.4 is 10.1 Å². The zero-order valence-corrected chi connectivity index (χ0v) is 16.9. The summed E-state index contributed by atoms with van der Waals surface area (Å²) < 4.78 is 6.51. The number of H-pyrrole nitrogens is 1. The molecule has 0 bridgehead atoms. The highest BCUT2D eigenvalue weighted by atomic mass is 16.5. The van der Waals surface area contributed by atoms with Gasteiger partial charge in [-0.15, -0.1) is 10.2 Å². The van der Waals surface area contributed by atoms with Gasteiger partial charge in [0.2, 0.25) is 5.82 Å². The molecule has 3 N–H and O–H groups in total. The second-order valence-electron chi connectivity index (χ2n) is 8.30. The maximum Gasteiger partial charge on any atom is 0.320 e. The van der Waals surface area contributed by atoms with E-state index in [-0.39, 0.29) is 6.10 Å². The first-order chi connectivity index (χ1) is 15.2. The number of benzene rings is 1. The third kappa shape index (κ3) is 4.13. The smallest absolute Gasteiger partial charge is 0.320 e. The number of carboxylic acids is 1. The molecule has 1 aliphatic carbocycles. The summed E-state index contributed by atoms with van der Waals surface area (Å²) in [4.78, 5) is 15.6. The lowest BCUT2D eigenvalue weighted by atomic mass is 9.72. The number of hydrogen-bond acceptors (Lipinski definition) is 7. The van der Waals surface area contributed by atoms with Crippen molar-refractivity contribution in [1.29, 1.82) is 0 Å². The molecule has 0 spiro atoms. The minimum absolute atomic E-state index is 0.0172. The van der Waals surface area contributed by atoms with E-state index < -0.39 is 12.0 Å². The van der Waals surface area contributed by atoms with Gasteiger partial charge in [0.25, 0.3) is 0 Å². The van der Waals surface area contributed by atoms with Crippen molar-refractivity contribution < 1.29 is 14.6 Å². The molecule has 0 amide bonds. The van der Waals surface area contributed by atoms with Gasteiger partial charge in [-0.2, -0.15) is 5.21 Å². The highest BCUT2D eigenvalue weighted by Crippen LogP contribution is 2.39. The van der Waals surface area contributed by atoms with Gasteiger partial charge in [0.05, 0.1) is 11.7 Å². The number of rotatable bonds is 5. The van der Waals surface area contributed by atoms with Crippen molar-refractivity contribution in [3.05, 3.63) is 42.7 Å². The number of aromatic amines is 1. The first-order valence-corrected chi connectivity index (χ1v) is 10.6. The Kier molecular flexibility index (Phi) is 5.33. The van der Waals surface area contributed by atoms with Crippen LogP contribution in [0.25, 0.3) is 22.5 Å². The van der Waals surface area contributed by atoms with Crippen LogP contribution in [-0.2, 0) is 4.79 Å². The van der Waals surface area contributed by atoms with E-state index in [9.17, 15) is 9.90 Å². The quantitative estimate of drug-likeness (QED) is 0.575. The van der Waals surface area contributed by atoms with E-state index in [0.717, 1.165) is 42.5 Å². The van der Waals surface area contributed by atoms with Gasteiger partial charge in [0, 0.05) is 18.0 Å². The number of aromatic nitrogens is 5. The van der Waals surface area contributed by atoms with E-state index in [1.807, 2.05) is 36.5 Å². The van der Waals surface area contributed by atoms with Crippen LogP contribution in [-0.4, -0.2) is 55.4 Å². The summed E-state index contributed by atoms with van der Waals surface area (Å²) in [5.41, 5.74) is 2.77. The van der Waals surface area contributed by atoms with E-state index in [1.54, 1.807) is 6.20 Å². The second kappa shape index (κ2) is 8.43. The topological polar surface area (TPSA) is 126 Å². The number of aliphatic carboxylic acids is 1. The van der Waals surface area contributed by atoms with Crippen LogP contribution in [0.2, 0.25) is 0 Å². The van der Waals surface area contributed by atoms with Crippen LogP contribution >= 0.6 is 0 Å². The normalized spacial score (nSPS) is 25.5. The largest absolute Gasteiger partial charge is 0.490 e. The molecule has 4 atom stereocenters. The van der Waals surface area contributed by atoms with E-state index >= 15 is 0 Å². The Morgan fingerprint density at radius 2 is 2.06 bits per heavy atom. The second-order valence-corrected chi connectivity index (χ2v) is 8.30. The number of nitrogens with one attached hydrogen (secondary N) is 2. The Hall–Kier alpha value is -3.33. The predicted octanol–water partition coefficient (Wildman–Crippen LogP) is 2.54. The molecule has 31 heavy (non-hydrogen) atoms. The van der Waals surface area contributed by atoms with E-state index in [2.05, 4.69) is 30.9 Å². The molecular weight excluding hydrogens is 396 g/mol. The molecule has 2 fully saturated rings. The Bertz CT molecular complexity index is 1040. The van der Waals surface area contributed by atoms with Crippen LogP contribution in [0.5, 0.6) is 5.75 Å². The average Bonchev–Trinajstić information content (AvgIpc) is 3.34. The maximum atomic E-state index is 11.4. The molecule has 0 unspecified atom stereocenters. The lowest BCUT2D eigenvalue weighted by Crippen LogP contribution is -2.50. The molecule has 160 valence electrons. The minimum Gasteiger partial charge on any atom is -0.490 e. The molecule has 0 radical (unpaired) electrons. The van der Waals surface area contributed by atoms with Crippen molar-refractivity contribution in [1.82, 2.24) is 30.9 Å². The van der Waals surface area contributed by atoms with E-state index in [4.69, 9.17) is 4.74 Å². The average molecular weight is 420 g/mol. The van der Waals surface area contributed by atoms with Gasteiger partial charge in [-0.25, -0.2) is 0 Å². The SMILES string of the molecule is O=C(O)[C@@H]1C[C@H]2C[C@@H](Oc3cc(-c4cccnc4)ccc3-c3nn[nH]n3)CC[C@H]2CN1. The molecular formula is C22H24N6O3. The number of tetrazole rings is 1. The Morgan fingerprint density at radius 1 is 1.13 bits per heavy atom. The van der Waals surface area contributed by atoms with Crippen LogP contribution in [0.3, 0.4) is 0 Å².